The summed E-state index contributed by atoms with van der Waals surface area (Å²) in [6, 6.07) is 2.42. The van der Waals surface area contributed by atoms with Gasteiger partial charge in [-0.2, -0.15) is 0 Å². The van der Waals surface area contributed by atoms with Crippen LogP contribution in [-0.4, -0.2) is 7.05 Å². The summed E-state index contributed by atoms with van der Waals surface area (Å²) < 4.78 is 6.12. The van der Waals surface area contributed by atoms with Crippen LogP contribution in [0.4, 0.5) is 0 Å². The SMILES string of the molecule is CCCC(C)CC(NC)c1ccoc1Br. The van der Waals surface area contributed by atoms with Crippen LogP contribution in [-0.2, 0) is 0 Å². The molecule has 1 heterocycles. The monoisotopic (exact) mass is 273 g/mol. The predicted octanol–water partition coefficient (Wildman–Crippen LogP) is 4.13. The van der Waals surface area contributed by atoms with Crippen LogP contribution in [0.3, 0.4) is 0 Å². The lowest BCUT2D eigenvalue weighted by atomic mass is 9.94. The minimum atomic E-state index is 0.389. The molecule has 1 N–H and O–H groups in total. The Hall–Kier alpha value is -0.280. The summed E-state index contributed by atoms with van der Waals surface area (Å²) >= 11 is 3.43. The first kappa shape index (κ1) is 12.8. The van der Waals surface area contributed by atoms with Crippen LogP contribution in [0, 0.1) is 5.92 Å². The molecule has 0 spiro atoms. The molecule has 0 saturated heterocycles. The maximum absolute atomic E-state index is 5.27. The first-order valence-electron chi connectivity index (χ1n) is 5.59. The van der Waals surface area contributed by atoms with E-state index >= 15 is 0 Å². The van der Waals surface area contributed by atoms with E-state index in [2.05, 4.69) is 35.1 Å². The average Bonchev–Trinajstić information content (AvgIpc) is 2.61. The van der Waals surface area contributed by atoms with Crippen molar-refractivity contribution in [3.8, 4) is 0 Å². The van der Waals surface area contributed by atoms with Gasteiger partial charge in [0.15, 0.2) is 4.67 Å². The summed E-state index contributed by atoms with van der Waals surface area (Å²) in [5.74, 6) is 0.745. The molecule has 0 aromatic carbocycles. The molecule has 0 bridgehead atoms. The second-order valence-electron chi connectivity index (χ2n) is 4.12. The van der Waals surface area contributed by atoms with Gasteiger partial charge < -0.3 is 9.73 Å². The third kappa shape index (κ3) is 3.65. The van der Waals surface area contributed by atoms with E-state index in [4.69, 9.17) is 4.42 Å². The number of hydrogen-bond donors (Lipinski definition) is 1. The first-order chi connectivity index (χ1) is 7.19. The Kier molecular flexibility index (Phi) is 5.40. The normalized spacial score (nSPS) is 15.2. The highest BCUT2D eigenvalue weighted by molar-refractivity contribution is 9.10. The average molecular weight is 274 g/mol. The molecule has 0 amide bonds. The molecule has 2 nitrogen and oxygen atoms in total. The molecule has 15 heavy (non-hydrogen) atoms. The Morgan fingerprint density at radius 2 is 2.27 bits per heavy atom. The maximum Gasteiger partial charge on any atom is 0.173 e. The maximum atomic E-state index is 5.27. The van der Waals surface area contributed by atoms with Gasteiger partial charge >= 0.3 is 0 Å². The van der Waals surface area contributed by atoms with Gasteiger partial charge in [-0.25, -0.2) is 0 Å². The summed E-state index contributed by atoms with van der Waals surface area (Å²) in [5, 5.41) is 3.34. The minimum absolute atomic E-state index is 0.389. The number of hydrogen-bond acceptors (Lipinski definition) is 2. The van der Waals surface area contributed by atoms with Crippen LogP contribution in [0.5, 0.6) is 0 Å². The fourth-order valence-electron chi connectivity index (χ4n) is 1.97. The molecule has 86 valence electrons. The highest BCUT2D eigenvalue weighted by Crippen LogP contribution is 2.29. The summed E-state index contributed by atoms with van der Waals surface area (Å²) in [4.78, 5) is 0. The van der Waals surface area contributed by atoms with Crippen molar-refractivity contribution in [3.05, 3.63) is 22.6 Å². The van der Waals surface area contributed by atoms with Crippen LogP contribution in [0.25, 0.3) is 0 Å². The molecule has 0 aliphatic carbocycles. The largest absolute Gasteiger partial charge is 0.457 e. The van der Waals surface area contributed by atoms with E-state index in [-0.39, 0.29) is 0 Å². The van der Waals surface area contributed by atoms with Crippen LogP contribution >= 0.6 is 15.9 Å². The molecule has 0 aliphatic heterocycles. The van der Waals surface area contributed by atoms with E-state index in [1.165, 1.54) is 18.4 Å². The van der Waals surface area contributed by atoms with Crippen molar-refractivity contribution < 1.29 is 4.42 Å². The highest BCUT2D eigenvalue weighted by Gasteiger charge is 2.17. The van der Waals surface area contributed by atoms with E-state index in [1.807, 2.05) is 13.1 Å². The van der Waals surface area contributed by atoms with Crippen molar-refractivity contribution in [3.63, 3.8) is 0 Å². The van der Waals surface area contributed by atoms with E-state index < -0.39 is 0 Å². The van der Waals surface area contributed by atoms with Gasteiger partial charge in [0.25, 0.3) is 0 Å². The Bertz CT molecular complexity index is 285. The highest BCUT2D eigenvalue weighted by atomic mass is 79.9. The van der Waals surface area contributed by atoms with Crippen molar-refractivity contribution in [1.29, 1.82) is 0 Å². The predicted molar refractivity (Wildman–Crippen MR) is 66.9 cm³/mol. The van der Waals surface area contributed by atoms with E-state index in [0.717, 1.165) is 17.0 Å². The molecule has 1 aromatic heterocycles. The molecule has 3 heteroatoms. The topological polar surface area (TPSA) is 25.2 Å². The van der Waals surface area contributed by atoms with Crippen molar-refractivity contribution in [1.82, 2.24) is 5.32 Å². The van der Waals surface area contributed by atoms with Gasteiger partial charge in [0.05, 0.1) is 6.26 Å². The number of nitrogens with one attached hydrogen (secondary N) is 1. The molecule has 0 saturated carbocycles. The smallest absolute Gasteiger partial charge is 0.173 e. The van der Waals surface area contributed by atoms with Crippen molar-refractivity contribution in [2.45, 2.75) is 39.2 Å². The Labute approximate surface area is 101 Å². The molecule has 0 radical (unpaired) electrons. The van der Waals surface area contributed by atoms with Crippen molar-refractivity contribution in [2.75, 3.05) is 7.05 Å². The van der Waals surface area contributed by atoms with E-state index in [9.17, 15) is 0 Å². The van der Waals surface area contributed by atoms with Crippen LogP contribution < -0.4 is 5.32 Å². The molecular formula is C12H20BrNO. The second kappa shape index (κ2) is 6.33. The standard InChI is InChI=1S/C12H20BrNO/c1-4-5-9(2)8-11(14-3)10-6-7-15-12(10)13/h6-7,9,11,14H,4-5,8H2,1-3H3. The van der Waals surface area contributed by atoms with E-state index in [1.54, 1.807) is 6.26 Å². The lowest BCUT2D eigenvalue weighted by molar-refractivity contribution is 0.402. The van der Waals surface area contributed by atoms with Gasteiger partial charge in [-0.05, 0) is 41.4 Å². The molecule has 1 aromatic rings. The van der Waals surface area contributed by atoms with Gasteiger partial charge in [0.1, 0.15) is 0 Å². The van der Waals surface area contributed by atoms with Crippen molar-refractivity contribution >= 4 is 15.9 Å². The first-order valence-corrected chi connectivity index (χ1v) is 6.38. The zero-order chi connectivity index (χ0) is 11.3. The fraction of sp³-hybridized carbons (Fsp3) is 0.667. The minimum Gasteiger partial charge on any atom is -0.457 e. The molecular weight excluding hydrogens is 254 g/mol. The number of furan rings is 1. The molecule has 0 fully saturated rings. The van der Waals surface area contributed by atoms with Crippen LogP contribution in [0.2, 0.25) is 0 Å². The van der Waals surface area contributed by atoms with E-state index in [0.29, 0.717) is 6.04 Å². The lowest BCUT2D eigenvalue weighted by Gasteiger charge is -2.19. The van der Waals surface area contributed by atoms with Crippen molar-refractivity contribution in [2.24, 2.45) is 5.92 Å². The molecule has 1 rings (SSSR count). The molecule has 2 unspecified atom stereocenters. The zero-order valence-electron chi connectivity index (χ0n) is 9.72. The fourth-order valence-corrected chi connectivity index (χ4v) is 2.48. The summed E-state index contributed by atoms with van der Waals surface area (Å²) in [5.41, 5.74) is 1.22. The zero-order valence-corrected chi connectivity index (χ0v) is 11.3. The van der Waals surface area contributed by atoms with Gasteiger partial charge in [-0.1, -0.05) is 26.7 Å². The molecule has 0 aliphatic rings. The van der Waals surface area contributed by atoms with Gasteiger partial charge in [-0.3, -0.25) is 0 Å². The van der Waals surface area contributed by atoms with Crippen LogP contribution in [0.1, 0.15) is 44.7 Å². The molecule has 2 atom stereocenters. The summed E-state index contributed by atoms with van der Waals surface area (Å²) in [6.45, 7) is 4.54. The third-order valence-corrected chi connectivity index (χ3v) is 3.43. The van der Waals surface area contributed by atoms with Crippen LogP contribution in [0.15, 0.2) is 21.4 Å². The second-order valence-corrected chi connectivity index (χ2v) is 4.84. The summed E-state index contributed by atoms with van der Waals surface area (Å²) in [6.07, 6.45) is 5.43. The Balaban J connectivity index is 2.60. The quantitative estimate of drug-likeness (QED) is 0.843. The van der Waals surface area contributed by atoms with Gasteiger partial charge in [0, 0.05) is 11.6 Å². The number of rotatable bonds is 6. The Morgan fingerprint density at radius 1 is 1.53 bits per heavy atom. The lowest BCUT2D eigenvalue weighted by Crippen LogP contribution is -2.18. The third-order valence-electron chi connectivity index (χ3n) is 2.79. The number of halogens is 1. The van der Waals surface area contributed by atoms with Gasteiger partial charge in [-0.15, -0.1) is 0 Å². The Morgan fingerprint density at radius 3 is 2.73 bits per heavy atom. The summed E-state index contributed by atoms with van der Waals surface area (Å²) in [7, 11) is 2.00. The van der Waals surface area contributed by atoms with Gasteiger partial charge in [0.2, 0.25) is 0 Å².